The quantitative estimate of drug-likeness (QED) is 0.722. The van der Waals surface area contributed by atoms with Crippen molar-refractivity contribution in [2.75, 3.05) is 17.3 Å². The van der Waals surface area contributed by atoms with Crippen molar-refractivity contribution in [2.45, 2.75) is 6.18 Å². The SMILES string of the molecule is CN(c1ccccc1)c1ccnc(Nc2ccc(C(F)(F)F)cc2)n1. The Kier molecular flexibility index (Phi) is 4.56. The van der Waals surface area contributed by atoms with Crippen LogP contribution in [0.4, 0.5) is 36.3 Å². The Labute approximate surface area is 143 Å². The molecule has 0 bridgehead atoms. The fourth-order valence-electron chi connectivity index (χ4n) is 2.25. The predicted molar refractivity (Wildman–Crippen MR) is 91.3 cm³/mol. The minimum Gasteiger partial charge on any atom is -0.329 e. The van der Waals surface area contributed by atoms with E-state index in [2.05, 4.69) is 15.3 Å². The van der Waals surface area contributed by atoms with E-state index in [9.17, 15) is 13.2 Å². The minimum absolute atomic E-state index is 0.306. The summed E-state index contributed by atoms with van der Waals surface area (Å²) in [7, 11) is 1.87. The molecule has 1 aromatic heterocycles. The van der Waals surface area contributed by atoms with E-state index < -0.39 is 11.7 Å². The summed E-state index contributed by atoms with van der Waals surface area (Å²) in [5.74, 6) is 0.968. The van der Waals surface area contributed by atoms with E-state index in [-0.39, 0.29) is 0 Å². The second-order valence-corrected chi connectivity index (χ2v) is 5.33. The van der Waals surface area contributed by atoms with Crippen LogP contribution in [-0.2, 0) is 6.18 Å². The van der Waals surface area contributed by atoms with Crippen LogP contribution in [0.25, 0.3) is 0 Å². The highest BCUT2D eigenvalue weighted by Crippen LogP contribution is 2.30. The number of para-hydroxylation sites is 1. The number of aromatic nitrogens is 2. The zero-order valence-corrected chi connectivity index (χ0v) is 13.3. The number of rotatable bonds is 4. The smallest absolute Gasteiger partial charge is 0.329 e. The lowest BCUT2D eigenvalue weighted by molar-refractivity contribution is -0.137. The number of hydrogen-bond donors (Lipinski definition) is 1. The van der Waals surface area contributed by atoms with Gasteiger partial charge >= 0.3 is 6.18 Å². The number of anilines is 4. The number of alkyl halides is 3. The third-order valence-electron chi connectivity index (χ3n) is 3.60. The van der Waals surface area contributed by atoms with Crippen molar-refractivity contribution in [1.29, 1.82) is 0 Å². The molecule has 0 spiro atoms. The van der Waals surface area contributed by atoms with Crippen LogP contribution in [0.5, 0.6) is 0 Å². The fraction of sp³-hybridized carbons (Fsp3) is 0.111. The highest BCUT2D eigenvalue weighted by molar-refractivity contribution is 5.61. The average molecular weight is 344 g/mol. The standard InChI is InChI=1S/C18H15F3N4/c1-25(15-5-3-2-4-6-15)16-11-12-22-17(24-16)23-14-9-7-13(8-10-14)18(19,20)21/h2-12H,1H3,(H,22,23,24). The maximum absolute atomic E-state index is 12.6. The van der Waals surface area contributed by atoms with Gasteiger partial charge in [-0.15, -0.1) is 0 Å². The van der Waals surface area contributed by atoms with Gasteiger partial charge in [0.2, 0.25) is 5.95 Å². The summed E-state index contributed by atoms with van der Waals surface area (Å²) >= 11 is 0. The van der Waals surface area contributed by atoms with E-state index in [1.165, 1.54) is 12.1 Å². The molecule has 0 unspecified atom stereocenters. The van der Waals surface area contributed by atoms with E-state index >= 15 is 0 Å². The summed E-state index contributed by atoms with van der Waals surface area (Å²) in [5.41, 5.74) is 0.741. The summed E-state index contributed by atoms with van der Waals surface area (Å²) in [6.07, 6.45) is -2.76. The average Bonchev–Trinajstić information content (AvgIpc) is 2.62. The Morgan fingerprint density at radius 2 is 1.60 bits per heavy atom. The van der Waals surface area contributed by atoms with Gasteiger partial charge in [-0.2, -0.15) is 18.2 Å². The first kappa shape index (κ1) is 16.8. The second-order valence-electron chi connectivity index (χ2n) is 5.33. The van der Waals surface area contributed by atoms with Crippen molar-refractivity contribution in [3.8, 4) is 0 Å². The molecule has 0 atom stereocenters. The molecule has 25 heavy (non-hydrogen) atoms. The first-order valence-corrected chi connectivity index (χ1v) is 7.49. The minimum atomic E-state index is -4.35. The summed E-state index contributed by atoms with van der Waals surface area (Å²) in [5, 5.41) is 2.91. The molecule has 128 valence electrons. The Morgan fingerprint density at radius 1 is 0.920 bits per heavy atom. The molecule has 0 saturated heterocycles. The molecule has 0 radical (unpaired) electrons. The largest absolute Gasteiger partial charge is 0.416 e. The summed E-state index contributed by atoms with van der Waals surface area (Å²) in [4.78, 5) is 10.4. The number of benzene rings is 2. The monoisotopic (exact) mass is 344 g/mol. The van der Waals surface area contributed by atoms with Gasteiger partial charge in [0, 0.05) is 24.6 Å². The molecule has 3 aromatic rings. The van der Waals surface area contributed by atoms with Crippen LogP contribution in [0.15, 0.2) is 66.9 Å². The van der Waals surface area contributed by atoms with Crippen LogP contribution < -0.4 is 10.2 Å². The topological polar surface area (TPSA) is 41.1 Å². The predicted octanol–water partition coefficient (Wildman–Crippen LogP) is 5.01. The molecule has 1 heterocycles. The van der Waals surface area contributed by atoms with Crippen molar-refractivity contribution in [3.05, 3.63) is 72.4 Å². The van der Waals surface area contributed by atoms with Crippen molar-refractivity contribution < 1.29 is 13.2 Å². The van der Waals surface area contributed by atoms with Crippen LogP contribution in [0, 0.1) is 0 Å². The normalized spacial score (nSPS) is 11.2. The Balaban J connectivity index is 1.78. The van der Waals surface area contributed by atoms with Crippen molar-refractivity contribution in [3.63, 3.8) is 0 Å². The Hall–Kier alpha value is -3.09. The fourth-order valence-corrected chi connectivity index (χ4v) is 2.25. The van der Waals surface area contributed by atoms with Crippen LogP contribution in [0.3, 0.4) is 0 Å². The summed E-state index contributed by atoms with van der Waals surface area (Å²) in [6.45, 7) is 0. The van der Waals surface area contributed by atoms with Gasteiger partial charge < -0.3 is 10.2 Å². The van der Waals surface area contributed by atoms with E-state index in [1.807, 2.05) is 42.3 Å². The zero-order chi connectivity index (χ0) is 17.9. The van der Waals surface area contributed by atoms with Crippen LogP contribution >= 0.6 is 0 Å². The highest BCUT2D eigenvalue weighted by Gasteiger charge is 2.29. The Morgan fingerprint density at radius 3 is 2.24 bits per heavy atom. The van der Waals surface area contributed by atoms with Gasteiger partial charge in [-0.05, 0) is 42.5 Å². The third-order valence-corrected chi connectivity index (χ3v) is 3.60. The first-order chi connectivity index (χ1) is 11.9. The lowest BCUT2D eigenvalue weighted by Crippen LogP contribution is -2.12. The van der Waals surface area contributed by atoms with Gasteiger partial charge in [0.15, 0.2) is 0 Å². The molecule has 0 aliphatic heterocycles. The van der Waals surface area contributed by atoms with Gasteiger partial charge in [-0.25, -0.2) is 4.98 Å². The maximum atomic E-state index is 12.6. The summed E-state index contributed by atoms with van der Waals surface area (Å²) < 4.78 is 37.8. The van der Waals surface area contributed by atoms with Crippen molar-refractivity contribution in [1.82, 2.24) is 9.97 Å². The zero-order valence-electron chi connectivity index (χ0n) is 13.3. The molecule has 0 aliphatic rings. The van der Waals surface area contributed by atoms with Crippen molar-refractivity contribution in [2.24, 2.45) is 0 Å². The number of nitrogens with zero attached hydrogens (tertiary/aromatic N) is 3. The summed E-state index contributed by atoms with van der Waals surface area (Å²) in [6, 6.07) is 16.2. The van der Waals surface area contributed by atoms with Gasteiger partial charge in [-0.3, -0.25) is 0 Å². The van der Waals surface area contributed by atoms with Crippen molar-refractivity contribution >= 4 is 23.1 Å². The molecular weight excluding hydrogens is 329 g/mol. The molecular formula is C18H15F3N4. The molecule has 1 N–H and O–H groups in total. The second kappa shape index (κ2) is 6.80. The molecule has 0 fully saturated rings. The van der Waals surface area contributed by atoms with E-state index in [0.29, 0.717) is 17.5 Å². The van der Waals surface area contributed by atoms with Gasteiger partial charge in [-0.1, -0.05) is 18.2 Å². The van der Waals surface area contributed by atoms with Crippen LogP contribution in [-0.4, -0.2) is 17.0 Å². The van der Waals surface area contributed by atoms with Crippen LogP contribution in [0.2, 0.25) is 0 Å². The van der Waals surface area contributed by atoms with E-state index in [4.69, 9.17) is 0 Å². The van der Waals surface area contributed by atoms with E-state index in [1.54, 1.807) is 12.3 Å². The maximum Gasteiger partial charge on any atom is 0.416 e. The lowest BCUT2D eigenvalue weighted by Gasteiger charge is -2.18. The Bertz CT molecular complexity index is 833. The first-order valence-electron chi connectivity index (χ1n) is 7.49. The lowest BCUT2D eigenvalue weighted by atomic mass is 10.2. The van der Waals surface area contributed by atoms with Gasteiger partial charge in [0.05, 0.1) is 5.56 Å². The molecule has 0 aliphatic carbocycles. The molecule has 3 rings (SSSR count). The number of nitrogens with one attached hydrogen (secondary N) is 1. The number of halogens is 3. The van der Waals surface area contributed by atoms with Crippen LogP contribution in [0.1, 0.15) is 5.56 Å². The number of hydrogen-bond acceptors (Lipinski definition) is 4. The third kappa shape index (κ3) is 4.06. The van der Waals surface area contributed by atoms with Gasteiger partial charge in [0.1, 0.15) is 5.82 Å². The molecule has 7 heteroatoms. The highest BCUT2D eigenvalue weighted by atomic mass is 19.4. The van der Waals surface area contributed by atoms with Gasteiger partial charge in [0.25, 0.3) is 0 Å². The molecule has 0 saturated carbocycles. The van der Waals surface area contributed by atoms with E-state index in [0.717, 1.165) is 17.8 Å². The molecule has 4 nitrogen and oxygen atoms in total. The molecule has 2 aromatic carbocycles. The molecule has 0 amide bonds.